The van der Waals surface area contributed by atoms with Crippen molar-refractivity contribution in [2.45, 2.75) is 26.3 Å². The molecule has 2 N–H and O–H groups in total. The minimum Gasteiger partial charge on any atom is -0.349 e. The predicted molar refractivity (Wildman–Crippen MR) is 64.9 cm³/mol. The Morgan fingerprint density at radius 2 is 2.39 bits per heavy atom. The van der Waals surface area contributed by atoms with Gasteiger partial charge in [0.2, 0.25) is 5.82 Å². The van der Waals surface area contributed by atoms with Crippen molar-refractivity contribution in [3.8, 4) is 0 Å². The lowest BCUT2D eigenvalue weighted by Crippen LogP contribution is -2.25. The van der Waals surface area contributed by atoms with Crippen LogP contribution in [0.15, 0.2) is 18.7 Å². The highest BCUT2D eigenvalue weighted by Crippen LogP contribution is 1.95. The molecule has 0 saturated heterocycles. The van der Waals surface area contributed by atoms with E-state index in [0.717, 1.165) is 19.4 Å². The second-order valence-electron chi connectivity index (χ2n) is 4.01. The summed E-state index contributed by atoms with van der Waals surface area (Å²) in [5, 5.41) is 9.22. The van der Waals surface area contributed by atoms with Crippen molar-refractivity contribution in [3.63, 3.8) is 0 Å². The average Bonchev–Trinajstić information content (AvgIpc) is 2.99. The normalized spacial score (nSPS) is 10.5. The summed E-state index contributed by atoms with van der Waals surface area (Å²) < 4.78 is 2.01. The molecule has 1 amide bonds. The molecule has 2 aromatic heterocycles. The Morgan fingerprint density at radius 3 is 3.06 bits per heavy atom. The van der Waals surface area contributed by atoms with Crippen LogP contribution in [0.3, 0.4) is 0 Å². The van der Waals surface area contributed by atoms with Crippen LogP contribution >= 0.6 is 0 Å². The highest BCUT2D eigenvalue weighted by Gasteiger charge is 2.09. The fourth-order valence-corrected chi connectivity index (χ4v) is 1.56. The number of hydrogen-bond acceptors (Lipinski definition) is 4. The van der Waals surface area contributed by atoms with Gasteiger partial charge in [0.1, 0.15) is 5.82 Å². The Hall–Kier alpha value is -2.18. The first-order chi connectivity index (χ1) is 8.75. The van der Waals surface area contributed by atoms with Crippen LogP contribution < -0.4 is 5.32 Å². The number of amides is 1. The molecule has 0 radical (unpaired) electrons. The van der Waals surface area contributed by atoms with E-state index in [0.29, 0.717) is 12.4 Å². The number of carbonyl (C=O) groups is 1. The largest absolute Gasteiger partial charge is 0.349 e. The number of rotatable bonds is 6. The second-order valence-corrected chi connectivity index (χ2v) is 4.01. The number of aromatic nitrogens is 5. The van der Waals surface area contributed by atoms with Gasteiger partial charge in [-0.05, 0) is 19.8 Å². The molecule has 7 heteroatoms. The first-order valence-corrected chi connectivity index (χ1v) is 5.88. The quantitative estimate of drug-likeness (QED) is 0.729. The molecule has 2 aromatic rings. The Bertz CT molecular complexity index is 489. The van der Waals surface area contributed by atoms with Gasteiger partial charge < -0.3 is 9.88 Å². The van der Waals surface area contributed by atoms with E-state index in [4.69, 9.17) is 0 Å². The van der Waals surface area contributed by atoms with E-state index in [-0.39, 0.29) is 11.7 Å². The monoisotopic (exact) mass is 248 g/mol. The van der Waals surface area contributed by atoms with Crippen LogP contribution in [0.4, 0.5) is 0 Å². The van der Waals surface area contributed by atoms with Gasteiger partial charge in [0, 0.05) is 25.5 Å². The Labute approximate surface area is 105 Å². The van der Waals surface area contributed by atoms with Crippen LogP contribution in [-0.4, -0.2) is 37.2 Å². The van der Waals surface area contributed by atoms with E-state index in [1.165, 1.54) is 0 Å². The summed E-state index contributed by atoms with van der Waals surface area (Å²) in [6, 6.07) is 0. The van der Waals surface area contributed by atoms with Crippen molar-refractivity contribution >= 4 is 5.91 Å². The lowest BCUT2D eigenvalue weighted by Gasteiger charge is -2.03. The van der Waals surface area contributed by atoms with Crippen LogP contribution in [0.2, 0.25) is 0 Å². The summed E-state index contributed by atoms with van der Waals surface area (Å²) >= 11 is 0. The maximum atomic E-state index is 11.6. The van der Waals surface area contributed by atoms with Gasteiger partial charge in [-0.15, -0.1) is 5.10 Å². The molecule has 0 fully saturated rings. The summed E-state index contributed by atoms with van der Waals surface area (Å²) in [5.74, 6) is 0.601. The molecule has 2 heterocycles. The molecule has 0 atom stereocenters. The van der Waals surface area contributed by atoms with Gasteiger partial charge in [-0.25, -0.2) is 9.97 Å². The van der Waals surface area contributed by atoms with Crippen LogP contribution in [0.1, 0.15) is 29.3 Å². The third kappa shape index (κ3) is 3.41. The fraction of sp³-hybridized carbons (Fsp3) is 0.455. The zero-order valence-electron chi connectivity index (χ0n) is 10.3. The van der Waals surface area contributed by atoms with E-state index in [9.17, 15) is 4.79 Å². The lowest BCUT2D eigenvalue weighted by molar-refractivity contribution is 0.0943. The highest BCUT2D eigenvalue weighted by molar-refractivity contribution is 5.90. The number of carbonyl (C=O) groups excluding carboxylic acids is 1. The minimum atomic E-state index is -0.234. The number of imidazole rings is 1. The van der Waals surface area contributed by atoms with E-state index in [2.05, 4.69) is 25.5 Å². The van der Waals surface area contributed by atoms with Crippen molar-refractivity contribution in [1.29, 1.82) is 0 Å². The molecule has 0 spiro atoms. The molecule has 96 valence electrons. The van der Waals surface area contributed by atoms with Crippen molar-refractivity contribution in [2.75, 3.05) is 6.54 Å². The molecular formula is C11H16N6O. The molecule has 0 aliphatic rings. The van der Waals surface area contributed by atoms with Crippen LogP contribution in [0.5, 0.6) is 0 Å². The van der Waals surface area contributed by atoms with Gasteiger partial charge >= 0.3 is 0 Å². The molecule has 0 aromatic carbocycles. The zero-order valence-corrected chi connectivity index (χ0v) is 10.3. The van der Waals surface area contributed by atoms with Gasteiger partial charge in [-0.1, -0.05) is 0 Å². The number of nitrogens with zero attached hydrogens (tertiary/aromatic N) is 4. The lowest BCUT2D eigenvalue weighted by atomic mass is 10.3. The number of unbranched alkanes of at least 4 members (excludes halogenated alkanes) is 1. The summed E-state index contributed by atoms with van der Waals surface area (Å²) in [6.07, 6.45) is 7.37. The molecular weight excluding hydrogens is 232 g/mol. The Kier molecular flexibility index (Phi) is 4.06. The fourth-order valence-electron chi connectivity index (χ4n) is 1.56. The van der Waals surface area contributed by atoms with Crippen LogP contribution in [-0.2, 0) is 6.54 Å². The van der Waals surface area contributed by atoms with Gasteiger partial charge in [-0.3, -0.25) is 9.89 Å². The highest BCUT2D eigenvalue weighted by atomic mass is 16.2. The van der Waals surface area contributed by atoms with E-state index in [1.807, 2.05) is 10.8 Å². The first-order valence-electron chi connectivity index (χ1n) is 5.88. The third-order valence-corrected chi connectivity index (χ3v) is 2.49. The number of H-pyrrole nitrogens is 1. The third-order valence-electron chi connectivity index (χ3n) is 2.49. The van der Waals surface area contributed by atoms with E-state index >= 15 is 0 Å². The zero-order chi connectivity index (χ0) is 12.8. The first kappa shape index (κ1) is 12.3. The van der Waals surface area contributed by atoms with Crippen molar-refractivity contribution in [3.05, 3.63) is 30.4 Å². The number of aromatic amines is 1. The molecule has 0 bridgehead atoms. The predicted octanol–water partition coefficient (Wildman–Crippen LogP) is 0.520. The molecule has 18 heavy (non-hydrogen) atoms. The Morgan fingerprint density at radius 1 is 1.50 bits per heavy atom. The summed E-state index contributed by atoms with van der Waals surface area (Å²) in [4.78, 5) is 19.5. The average molecular weight is 248 g/mol. The molecule has 0 aliphatic carbocycles. The number of aryl methyl sites for hydroxylation is 2. The second kappa shape index (κ2) is 5.95. The van der Waals surface area contributed by atoms with Crippen LogP contribution in [0, 0.1) is 6.92 Å². The topological polar surface area (TPSA) is 88.5 Å². The number of nitrogens with one attached hydrogen (secondary N) is 2. The SMILES string of the molecule is Cc1nc(C(=O)NCCCCn2ccnc2)n[nH]1. The Balaban J connectivity index is 1.62. The maximum Gasteiger partial charge on any atom is 0.290 e. The number of hydrogen-bond donors (Lipinski definition) is 2. The summed E-state index contributed by atoms with van der Waals surface area (Å²) in [6.45, 7) is 3.30. The van der Waals surface area contributed by atoms with E-state index in [1.54, 1.807) is 19.4 Å². The van der Waals surface area contributed by atoms with Gasteiger partial charge in [-0.2, -0.15) is 0 Å². The molecule has 0 saturated carbocycles. The van der Waals surface area contributed by atoms with Gasteiger partial charge in [0.15, 0.2) is 0 Å². The molecule has 0 unspecified atom stereocenters. The minimum absolute atomic E-state index is 0.196. The van der Waals surface area contributed by atoms with Gasteiger partial charge in [0.25, 0.3) is 5.91 Å². The standard InChI is InChI=1S/C11H16N6O/c1-9-14-10(16-15-9)11(18)13-4-2-3-6-17-7-5-12-8-17/h5,7-8H,2-4,6H2,1H3,(H,13,18)(H,14,15,16). The van der Waals surface area contributed by atoms with Crippen LogP contribution in [0.25, 0.3) is 0 Å². The summed E-state index contributed by atoms with van der Waals surface area (Å²) in [7, 11) is 0. The molecule has 0 aliphatic heterocycles. The van der Waals surface area contributed by atoms with E-state index < -0.39 is 0 Å². The molecule has 7 nitrogen and oxygen atoms in total. The summed E-state index contributed by atoms with van der Waals surface area (Å²) in [5.41, 5.74) is 0. The van der Waals surface area contributed by atoms with Crippen molar-refractivity contribution < 1.29 is 4.79 Å². The molecule has 2 rings (SSSR count). The van der Waals surface area contributed by atoms with Crippen molar-refractivity contribution in [1.82, 2.24) is 30.0 Å². The maximum absolute atomic E-state index is 11.6. The van der Waals surface area contributed by atoms with Crippen molar-refractivity contribution in [2.24, 2.45) is 0 Å². The smallest absolute Gasteiger partial charge is 0.290 e. The van der Waals surface area contributed by atoms with Gasteiger partial charge in [0.05, 0.1) is 6.33 Å².